The molecule has 0 aromatic heterocycles. The van der Waals surface area contributed by atoms with Gasteiger partial charge < -0.3 is 9.64 Å². The Morgan fingerprint density at radius 1 is 1.24 bits per heavy atom. The molecular weight excluding hydrogens is 321 g/mol. The molecule has 0 spiro atoms. The van der Waals surface area contributed by atoms with E-state index in [1.54, 1.807) is 17.0 Å². The third kappa shape index (κ3) is 3.86. The monoisotopic (exact) mass is 347 g/mol. The first-order valence-corrected chi connectivity index (χ1v) is 9.22. The predicted molar refractivity (Wildman–Crippen MR) is 92.5 cm³/mol. The second kappa shape index (κ2) is 7.54. The zero-order valence-corrected chi connectivity index (χ0v) is 14.8. The van der Waals surface area contributed by atoms with Gasteiger partial charge in [-0.15, -0.1) is 0 Å². The van der Waals surface area contributed by atoms with Crippen molar-refractivity contribution in [3.05, 3.63) is 35.6 Å². The van der Waals surface area contributed by atoms with Crippen LogP contribution in [0.25, 0.3) is 0 Å². The normalized spacial score (nSPS) is 20.5. The maximum absolute atomic E-state index is 13.6. The Hall–Kier alpha value is -1.91. The van der Waals surface area contributed by atoms with E-state index < -0.39 is 11.4 Å². The van der Waals surface area contributed by atoms with Crippen molar-refractivity contribution < 1.29 is 18.7 Å². The Balaban J connectivity index is 1.65. The van der Waals surface area contributed by atoms with Crippen molar-refractivity contribution >= 4 is 11.9 Å². The highest BCUT2D eigenvalue weighted by molar-refractivity contribution is 5.86. The zero-order chi connectivity index (χ0) is 17.9. The van der Waals surface area contributed by atoms with Crippen LogP contribution in [0.5, 0.6) is 0 Å². The van der Waals surface area contributed by atoms with Crippen LogP contribution in [0.4, 0.5) is 4.39 Å². The number of benzene rings is 1. The Kier molecular flexibility index (Phi) is 5.40. The smallest absolute Gasteiger partial charge is 0.317 e. The van der Waals surface area contributed by atoms with E-state index in [0.717, 1.165) is 38.8 Å². The summed E-state index contributed by atoms with van der Waals surface area (Å²) in [7, 11) is 0. The van der Waals surface area contributed by atoms with Gasteiger partial charge in [0.1, 0.15) is 5.82 Å². The highest BCUT2D eigenvalue weighted by atomic mass is 19.1. The topological polar surface area (TPSA) is 46.6 Å². The lowest BCUT2D eigenvalue weighted by atomic mass is 9.79. The number of esters is 1. The third-order valence-corrected chi connectivity index (χ3v) is 5.69. The van der Waals surface area contributed by atoms with Crippen molar-refractivity contribution in [3.63, 3.8) is 0 Å². The first-order chi connectivity index (χ1) is 12.0. The van der Waals surface area contributed by atoms with Gasteiger partial charge in [0.15, 0.2) is 6.61 Å². The van der Waals surface area contributed by atoms with E-state index in [1.807, 2.05) is 0 Å². The molecule has 1 aliphatic heterocycles. The summed E-state index contributed by atoms with van der Waals surface area (Å²) in [6.45, 7) is 3.42. The molecule has 0 unspecified atom stereocenters. The van der Waals surface area contributed by atoms with Crippen molar-refractivity contribution in [2.75, 3.05) is 19.7 Å². The van der Waals surface area contributed by atoms with Crippen molar-refractivity contribution in [1.82, 2.24) is 4.90 Å². The van der Waals surface area contributed by atoms with Gasteiger partial charge in [0.05, 0.1) is 5.41 Å². The Bertz CT molecular complexity index is 632. The SMILES string of the molecule is CC1CCN(C(=O)COC(=O)C2(c3cccc(F)c3)CCCC2)CC1. The number of carbonyl (C=O) groups is 2. The summed E-state index contributed by atoms with van der Waals surface area (Å²) >= 11 is 0. The number of hydrogen-bond acceptors (Lipinski definition) is 3. The molecule has 1 heterocycles. The minimum Gasteiger partial charge on any atom is -0.455 e. The maximum Gasteiger partial charge on any atom is 0.317 e. The largest absolute Gasteiger partial charge is 0.455 e. The number of halogens is 1. The number of likely N-dealkylation sites (tertiary alicyclic amines) is 1. The maximum atomic E-state index is 13.6. The van der Waals surface area contributed by atoms with E-state index in [0.29, 0.717) is 24.3 Å². The van der Waals surface area contributed by atoms with E-state index in [1.165, 1.54) is 12.1 Å². The molecule has 136 valence electrons. The fraction of sp³-hybridized carbons (Fsp3) is 0.600. The summed E-state index contributed by atoms with van der Waals surface area (Å²) in [6, 6.07) is 6.19. The molecule has 0 bridgehead atoms. The van der Waals surface area contributed by atoms with Gasteiger partial charge in [-0.1, -0.05) is 31.9 Å². The Morgan fingerprint density at radius 3 is 2.56 bits per heavy atom. The number of carbonyl (C=O) groups excluding carboxylic acids is 2. The van der Waals surface area contributed by atoms with Crippen LogP contribution in [-0.4, -0.2) is 36.5 Å². The second-order valence-electron chi connectivity index (χ2n) is 7.44. The molecule has 0 atom stereocenters. The van der Waals surface area contributed by atoms with Gasteiger partial charge in [-0.2, -0.15) is 0 Å². The molecule has 1 saturated heterocycles. The van der Waals surface area contributed by atoms with E-state index in [2.05, 4.69) is 6.92 Å². The molecule has 2 fully saturated rings. The summed E-state index contributed by atoms with van der Waals surface area (Å²) in [4.78, 5) is 26.9. The summed E-state index contributed by atoms with van der Waals surface area (Å²) < 4.78 is 19.0. The van der Waals surface area contributed by atoms with Gasteiger partial charge in [0.2, 0.25) is 0 Å². The van der Waals surface area contributed by atoms with Crippen molar-refractivity contribution in [1.29, 1.82) is 0 Å². The number of piperidine rings is 1. The number of rotatable bonds is 4. The summed E-state index contributed by atoms with van der Waals surface area (Å²) in [5.41, 5.74) is -0.145. The first-order valence-electron chi connectivity index (χ1n) is 9.22. The predicted octanol–water partition coefficient (Wildman–Crippen LogP) is 3.44. The van der Waals surface area contributed by atoms with Crippen LogP contribution >= 0.6 is 0 Å². The lowest BCUT2D eigenvalue weighted by molar-refractivity contribution is -0.157. The van der Waals surface area contributed by atoms with Crippen LogP contribution in [0.3, 0.4) is 0 Å². The molecule has 5 heteroatoms. The summed E-state index contributed by atoms with van der Waals surface area (Å²) in [5.74, 6) is -0.238. The van der Waals surface area contributed by atoms with Gasteiger partial charge in [0.25, 0.3) is 5.91 Å². The van der Waals surface area contributed by atoms with Gasteiger partial charge in [-0.05, 0) is 49.3 Å². The number of amides is 1. The second-order valence-corrected chi connectivity index (χ2v) is 7.44. The van der Waals surface area contributed by atoms with Crippen molar-refractivity contribution in [2.45, 2.75) is 50.9 Å². The van der Waals surface area contributed by atoms with Crippen LogP contribution in [0.15, 0.2) is 24.3 Å². The van der Waals surface area contributed by atoms with E-state index >= 15 is 0 Å². The molecule has 3 rings (SSSR count). The molecule has 25 heavy (non-hydrogen) atoms. The summed E-state index contributed by atoms with van der Waals surface area (Å²) in [6.07, 6.45) is 5.09. The number of hydrogen-bond donors (Lipinski definition) is 0. The molecular formula is C20H26FNO3. The van der Waals surface area contributed by atoms with Gasteiger partial charge >= 0.3 is 5.97 Å². The molecule has 0 N–H and O–H groups in total. The zero-order valence-electron chi connectivity index (χ0n) is 14.8. The van der Waals surface area contributed by atoms with E-state index in [9.17, 15) is 14.0 Å². The average molecular weight is 347 g/mol. The standard InChI is InChI=1S/C20H26FNO3/c1-15-7-11-22(12-8-15)18(23)14-25-19(24)20(9-2-3-10-20)16-5-4-6-17(21)13-16/h4-6,13,15H,2-3,7-12,14H2,1H3. The third-order valence-electron chi connectivity index (χ3n) is 5.69. The Labute approximate surface area is 148 Å². The van der Waals surface area contributed by atoms with Crippen LogP contribution in [0, 0.1) is 11.7 Å². The average Bonchev–Trinajstić information content (AvgIpc) is 3.11. The molecule has 0 radical (unpaired) electrons. The Morgan fingerprint density at radius 2 is 1.92 bits per heavy atom. The molecule has 1 aromatic carbocycles. The van der Waals surface area contributed by atoms with Crippen LogP contribution < -0.4 is 0 Å². The fourth-order valence-corrected chi connectivity index (χ4v) is 3.99. The van der Waals surface area contributed by atoms with Gasteiger partial charge in [0, 0.05) is 13.1 Å². The highest BCUT2D eigenvalue weighted by Gasteiger charge is 2.44. The minimum absolute atomic E-state index is 0.132. The first kappa shape index (κ1) is 17.9. The number of ether oxygens (including phenoxy) is 1. The van der Waals surface area contributed by atoms with Crippen LogP contribution in [0.1, 0.15) is 51.0 Å². The summed E-state index contributed by atoms with van der Waals surface area (Å²) in [5, 5.41) is 0. The van der Waals surface area contributed by atoms with Crippen LogP contribution in [0.2, 0.25) is 0 Å². The van der Waals surface area contributed by atoms with Crippen molar-refractivity contribution in [3.8, 4) is 0 Å². The molecule has 1 aliphatic carbocycles. The molecule has 4 nitrogen and oxygen atoms in total. The van der Waals surface area contributed by atoms with Crippen LogP contribution in [-0.2, 0) is 19.7 Å². The highest BCUT2D eigenvalue weighted by Crippen LogP contribution is 2.42. The van der Waals surface area contributed by atoms with E-state index in [4.69, 9.17) is 4.74 Å². The van der Waals surface area contributed by atoms with Crippen molar-refractivity contribution in [2.24, 2.45) is 5.92 Å². The van der Waals surface area contributed by atoms with E-state index in [-0.39, 0.29) is 18.3 Å². The molecule has 1 aromatic rings. The van der Waals surface area contributed by atoms with Gasteiger partial charge in [-0.25, -0.2) is 4.39 Å². The fourth-order valence-electron chi connectivity index (χ4n) is 3.99. The van der Waals surface area contributed by atoms with Gasteiger partial charge in [-0.3, -0.25) is 9.59 Å². The molecule has 1 saturated carbocycles. The molecule has 1 amide bonds. The quantitative estimate of drug-likeness (QED) is 0.784. The lowest BCUT2D eigenvalue weighted by Gasteiger charge is -2.31. The lowest BCUT2D eigenvalue weighted by Crippen LogP contribution is -2.42. The minimum atomic E-state index is -0.807. The number of nitrogens with zero attached hydrogens (tertiary/aromatic N) is 1. The molecule has 2 aliphatic rings.